The summed E-state index contributed by atoms with van der Waals surface area (Å²) >= 11 is 0. The van der Waals surface area contributed by atoms with Gasteiger partial charge >= 0.3 is 6.09 Å². The number of hydrogen-bond donors (Lipinski definition) is 0. The largest absolute Gasteiger partial charge is 0.467 e. The summed E-state index contributed by atoms with van der Waals surface area (Å²) in [6, 6.07) is 10.2. The van der Waals surface area contributed by atoms with Gasteiger partial charge in [-0.3, -0.25) is 9.58 Å². The van der Waals surface area contributed by atoms with Crippen LogP contribution in [0.1, 0.15) is 40.3 Å². The second kappa shape index (κ2) is 10.6. The molecule has 2 aromatic carbocycles. The number of benzene rings is 2. The number of fused-ring (bicyclic) bond motifs is 2. The highest BCUT2D eigenvalue weighted by Gasteiger charge is 2.35. The van der Waals surface area contributed by atoms with Gasteiger partial charge in [0, 0.05) is 61.7 Å². The molecule has 10 nitrogen and oxygen atoms in total. The second-order valence-electron chi connectivity index (χ2n) is 11.6. The van der Waals surface area contributed by atoms with Crippen LogP contribution in [0.5, 0.6) is 5.75 Å². The first-order chi connectivity index (χ1) is 18.9. The quantitative estimate of drug-likeness (QED) is 0.311. The fourth-order valence-electron chi connectivity index (χ4n) is 5.39. The van der Waals surface area contributed by atoms with Gasteiger partial charge in [0.05, 0.1) is 28.7 Å². The molecule has 5 rings (SSSR count). The zero-order chi connectivity index (χ0) is 28.8. The maximum atomic E-state index is 12.8. The first-order valence-electron chi connectivity index (χ1n) is 13.6. The normalized spacial score (nSPS) is 18.0. The smallest absolute Gasteiger partial charge is 0.410 e. The Kier molecular flexibility index (Phi) is 7.31. The number of carbonyl (C=O) groups excluding carboxylic acids is 1. The summed E-state index contributed by atoms with van der Waals surface area (Å²) < 4.78 is 18.5. The zero-order valence-electron chi connectivity index (χ0n) is 24.6. The molecule has 2 atom stereocenters. The van der Waals surface area contributed by atoms with E-state index in [4.69, 9.17) is 24.2 Å². The maximum Gasteiger partial charge on any atom is 0.410 e. The molecular weight excluding hydrogens is 508 g/mol. The van der Waals surface area contributed by atoms with Gasteiger partial charge in [-0.1, -0.05) is 0 Å². The average molecular weight is 547 g/mol. The molecule has 0 saturated carbocycles. The molecule has 0 bridgehead atoms. The van der Waals surface area contributed by atoms with Gasteiger partial charge < -0.3 is 19.1 Å². The Hall–Kier alpha value is -3.92. The molecule has 3 heterocycles. The Balaban J connectivity index is 1.45. The van der Waals surface area contributed by atoms with Crippen molar-refractivity contribution in [3.05, 3.63) is 42.2 Å². The topological polar surface area (TPSA) is 94.8 Å². The SMILES string of the molecule is COCOc1cc2nn(C)cc2cc1-c1nc(C)c2cc(N3C[C@H](C)N(C(=O)OC(C)(C)C)[C@@H](C)C3)ccc2n1. The summed E-state index contributed by atoms with van der Waals surface area (Å²) in [6.45, 7) is 13.3. The molecule has 0 radical (unpaired) electrons. The number of rotatable bonds is 5. The molecule has 10 heteroatoms. The van der Waals surface area contributed by atoms with Crippen LogP contribution in [-0.2, 0) is 16.5 Å². The lowest BCUT2D eigenvalue weighted by Gasteiger charge is -2.45. The van der Waals surface area contributed by atoms with Crippen LogP contribution < -0.4 is 9.64 Å². The number of amides is 1. The first-order valence-corrected chi connectivity index (χ1v) is 13.6. The fraction of sp³-hybridized carbons (Fsp3) is 0.467. The van der Waals surface area contributed by atoms with Crippen molar-refractivity contribution in [2.75, 3.05) is 31.9 Å². The molecule has 1 aliphatic heterocycles. The minimum absolute atomic E-state index is 0.00179. The van der Waals surface area contributed by atoms with E-state index in [-0.39, 0.29) is 25.0 Å². The second-order valence-corrected chi connectivity index (χ2v) is 11.6. The number of ether oxygens (including phenoxy) is 3. The van der Waals surface area contributed by atoms with Crippen molar-refractivity contribution in [3.8, 4) is 17.1 Å². The van der Waals surface area contributed by atoms with E-state index < -0.39 is 5.60 Å². The minimum atomic E-state index is -0.525. The number of carbonyl (C=O) groups is 1. The summed E-state index contributed by atoms with van der Waals surface area (Å²) in [5.74, 6) is 1.21. The van der Waals surface area contributed by atoms with Gasteiger partial charge in [0.15, 0.2) is 12.6 Å². The van der Waals surface area contributed by atoms with Gasteiger partial charge in [0.25, 0.3) is 0 Å². The highest BCUT2D eigenvalue weighted by molar-refractivity contribution is 5.90. The molecule has 212 valence electrons. The van der Waals surface area contributed by atoms with Crippen molar-refractivity contribution in [1.82, 2.24) is 24.6 Å². The predicted octanol–water partition coefficient (Wildman–Crippen LogP) is 5.31. The van der Waals surface area contributed by atoms with Crippen LogP contribution in [0.3, 0.4) is 0 Å². The molecule has 0 spiro atoms. The van der Waals surface area contributed by atoms with Crippen LogP contribution in [0.25, 0.3) is 33.2 Å². The lowest BCUT2D eigenvalue weighted by molar-refractivity contribution is 0.00566. The highest BCUT2D eigenvalue weighted by atomic mass is 16.7. The van der Waals surface area contributed by atoms with E-state index in [0.29, 0.717) is 24.7 Å². The van der Waals surface area contributed by atoms with Crippen LogP contribution in [0.15, 0.2) is 36.5 Å². The summed E-state index contributed by atoms with van der Waals surface area (Å²) in [7, 11) is 3.48. The molecule has 0 aliphatic carbocycles. The molecule has 4 aromatic rings. The predicted molar refractivity (Wildman–Crippen MR) is 156 cm³/mol. The summed E-state index contributed by atoms with van der Waals surface area (Å²) in [6.07, 6.45) is 1.70. The Bertz CT molecular complexity index is 1550. The Morgan fingerprint density at radius 3 is 2.45 bits per heavy atom. The number of piperazine rings is 1. The molecule has 1 fully saturated rings. The third-order valence-corrected chi connectivity index (χ3v) is 7.05. The maximum absolute atomic E-state index is 12.8. The lowest BCUT2D eigenvalue weighted by Crippen LogP contribution is -2.59. The van der Waals surface area contributed by atoms with Crippen molar-refractivity contribution in [2.24, 2.45) is 7.05 Å². The average Bonchev–Trinajstić information content (AvgIpc) is 3.24. The Morgan fingerprint density at radius 1 is 1.05 bits per heavy atom. The van der Waals surface area contributed by atoms with Crippen molar-refractivity contribution < 1.29 is 19.0 Å². The number of aryl methyl sites for hydroxylation is 2. The summed E-state index contributed by atoms with van der Waals surface area (Å²) in [5.41, 5.74) is 3.89. The van der Waals surface area contributed by atoms with Crippen molar-refractivity contribution in [3.63, 3.8) is 0 Å². The third-order valence-electron chi connectivity index (χ3n) is 7.05. The summed E-state index contributed by atoms with van der Waals surface area (Å²) in [4.78, 5) is 26.8. The fourth-order valence-corrected chi connectivity index (χ4v) is 5.39. The molecule has 0 unspecified atom stereocenters. The van der Waals surface area contributed by atoms with Crippen LogP contribution in [0.2, 0.25) is 0 Å². The van der Waals surface area contributed by atoms with Gasteiger partial charge in [0.2, 0.25) is 0 Å². The van der Waals surface area contributed by atoms with E-state index in [1.54, 1.807) is 11.8 Å². The van der Waals surface area contributed by atoms with Crippen molar-refractivity contribution in [1.29, 1.82) is 0 Å². The molecule has 2 aromatic heterocycles. The lowest BCUT2D eigenvalue weighted by atomic mass is 10.1. The number of anilines is 1. The highest BCUT2D eigenvalue weighted by Crippen LogP contribution is 2.34. The van der Waals surface area contributed by atoms with Crippen LogP contribution in [-0.4, -0.2) is 75.4 Å². The molecule has 40 heavy (non-hydrogen) atoms. The number of hydrogen-bond acceptors (Lipinski definition) is 8. The van der Waals surface area contributed by atoms with Gasteiger partial charge in [-0.2, -0.15) is 5.10 Å². The van der Waals surface area contributed by atoms with Gasteiger partial charge in [-0.25, -0.2) is 14.8 Å². The minimum Gasteiger partial charge on any atom is -0.467 e. The summed E-state index contributed by atoms with van der Waals surface area (Å²) in [5, 5.41) is 6.46. The number of aromatic nitrogens is 4. The van der Waals surface area contributed by atoms with E-state index >= 15 is 0 Å². The molecule has 0 N–H and O–H groups in total. The molecule has 1 aliphatic rings. The van der Waals surface area contributed by atoms with Crippen LogP contribution in [0, 0.1) is 6.92 Å². The van der Waals surface area contributed by atoms with Gasteiger partial charge in [0.1, 0.15) is 11.4 Å². The van der Waals surface area contributed by atoms with Crippen molar-refractivity contribution >= 4 is 33.6 Å². The Morgan fingerprint density at radius 2 is 1.77 bits per heavy atom. The zero-order valence-corrected chi connectivity index (χ0v) is 24.6. The van der Waals surface area contributed by atoms with Crippen molar-refractivity contribution in [2.45, 2.75) is 59.2 Å². The number of methoxy groups -OCH3 is 1. The van der Waals surface area contributed by atoms with E-state index in [9.17, 15) is 4.79 Å². The van der Waals surface area contributed by atoms with Crippen LogP contribution >= 0.6 is 0 Å². The first kappa shape index (κ1) is 27.6. The van der Waals surface area contributed by atoms with Gasteiger partial charge in [-0.15, -0.1) is 0 Å². The molecule has 1 saturated heterocycles. The van der Waals surface area contributed by atoms with E-state index in [0.717, 1.165) is 38.8 Å². The third kappa shape index (κ3) is 5.54. The Labute approximate surface area is 234 Å². The molecular formula is C30H38N6O4. The van der Waals surface area contributed by atoms with E-state index in [1.807, 2.05) is 64.0 Å². The van der Waals surface area contributed by atoms with Crippen LogP contribution in [0.4, 0.5) is 10.5 Å². The van der Waals surface area contributed by atoms with E-state index in [2.05, 4.69) is 36.0 Å². The number of nitrogens with zero attached hydrogens (tertiary/aromatic N) is 6. The van der Waals surface area contributed by atoms with Gasteiger partial charge in [-0.05, 0) is 65.8 Å². The van der Waals surface area contributed by atoms with E-state index in [1.165, 1.54) is 0 Å². The molecule has 1 amide bonds. The standard InChI is InChI=1S/C30H38N6O4/c1-18-14-35(15-19(2)36(18)29(37)40-30(4,5)6)22-9-10-25-23(12-22)20(3)31-28(32-25)24-11-21-16-34(7)33-26(21)13-27(24)39-17-38-8/h9-13,16,18-19H,14-15,17H2,1-8H3/t18-,19-/m0/s1. The monoisotopic (exact) mass is 546 g/mol.